The van der Waals surface area contributed by atoms with E-state index in [1.54, 1.807) is 0 Å². The minimum Gasteiger partial charge on any atom is -0.364 e. The van der Waals surface area contributed by atoms with Crippen molar-refractivity contribution in [1.82, 2.24) is 10.4 Å². The maximum atomic E-state index is 10.8. The predicted octanol–water partition coefficient (Wildman–Crippen LogP) is -1.28. The summed E-state index contributed by atoms with van der Waals surface area (Å²) in [6, 6.07) is 0. The van der Waals surface area contributed by atoms with Gasteiger partial charge in [-0.2, -0.15) is 0 Å². The van der Waals surface area contributed by atoms with Gasteiger partial charge >= 0.3 is 0 Å². The fourth-order valence-electron chi connectivity index (χ4n) is 0.771. The first-order valence-electron chi connectivity index (χ1n) is 3.14. The molecule has 0 aromatic heterocycles. The van der Waals surface area contributed by atoms with Crippen LogP contribution in [0.1, 0.15) is 6.42 Å². The number of carbonyl (C=O) groups is 2. The van der Waals surface area contributed by atoms with E-state index >= 15 is 0 Å². The number of nitrogens with two attached hydrogens (primary N) is 1. The Hall–Kier alpha value is -1.52. The smallest absolute Gasteiger partial charge is 0.266 e. The van der Waals surface area contributed by atoms with Crippen LogP contribution in [0.2, 0.25) is 0 Å². The molecular weight excluding hydrogens is 146 g/mol. The van der Waals surface area contributed by atoms with Crippen molar-refractivity contribution in [3.8, 4) is 0 Å². The molecule has 0 saturated heterocycles. The molecule has 3 N–H and O–H groups in total. The summed E-state index contributed by atoms with van der Waals surface area (Å²) in [5.74, 6) is -0.639. The average molecular weight is 155 g/mol. The number of nitrogens with one attached hydrogen (secondary N) is 1. The summed E-state index contributed by atoms with van der Waals surface area (Å²) < 4.78 is 0. The summed E-state index contributed by atoms with van der Waals surface area (Å²) in [6.07, 6.45) is 1.70. The molecule has 0 saturated carbocycles. The molecule has 1 heterocycles. The zero-order chi connectivity index (χ0) is 8.43. The molecular formula is C6H9N3O2. The lowest BCUT2D eigenvalue weighted by atomic mass is 10.2. The molecule has 1 rings (SSSR count). The van der Waals surface area contributed by atoms with Crippen LogP contribution in [0.15, 0.2) is 11.8 Å². The van der Waals surface area contributed by atoms with Crippen LogP contribution < -0.4 is 11.2 Å². The number of amides is 2. The van der Waals surface area contributed by atoms with Crippen LogP contribution in [0, 0.1) is 0 Å². The Morgan fingerprint density at radius 1 is 1.82 bits per heavy atom. The highest BCUT2D eigenvalue weighted by Gasteiger charge is 2.16. The number of primary amides is 1. The molecule has 0 unspecified atom stereocenters. The van der Waals surface area contributed by atoms with Crippen LogP contribution in [-0.4, -0.2) is 23.9 Å². The highest BCUT2D eigenvalue weighted by Crippen LogP contribution is 2.02. The molecule has 0 aromatic rings. The van der Waals surface area contributed by atoms with Gasteiger partial charge in [0.2, 0.25) is 5.91 Å². The molecule has 0 aromatic carbocycles. The Labute approximate surface area is 63.8 Å². The molecule has 1 aliphatic rings. The van der Waals surface area contributed by atoms with Crippen molar-refractivity contribution in [2.24, 2.45) is 5.73 Å². The second-order valence-electron chi connectivity index (χ2n) is 2.25. The topological polar surface area (TPSA) is 75.4 Å². The van der Waals surface area contributed by atoms with E-state index in [9.17, 15) is 9.59 Å². The average Bonchev–Trinajstić information content (AvgIpc) is 1.94. The standard InChI is InChI=1S/C6H9N3O2/c1-9-5(10)3-2-4(8-9)6(7)11/h2,8H,3H2,1H3,(H2,7,11). The molecule has 1 aliphatic heterocycles. The molecule has 5 heteroatoms. The zero-order valence-electron chi connectivity index (χ0n) is 6.13. The van der Waals surface area contributed by atoms with E-state index in [0.29, 0.717) is 0 Å². The summed E-state index contributed by atoms with van der Waals surface area (Å²) in [5.41, 5.74) is 7.77. The van der Waals surface area contributed by atoms with Gasteiger partial charge in [-0.15, -0.1) is 0 Å². The Bertz CT molecular complexity index is 234. The minimum absolute atomic E-state index is 0.0880. The third-order valence-corrected chi connectivity index (χ3v) is 1.41. The Morgan fingerprint density at radius 2 is 2.45 bits per heavy atom. The highest BCUT2D eigenvalue weighted by molar-refractivity contribution is 5.93. The number of nitrogens with zero attached hydrogens (tertiary/aromatic N) is 1. The van der Waals surface area contributed by atoms with Crippen LogP contribution in [0.25, 0.3) is 0 Å². The van der Waals surface area contributed by atoms with Gasteiger partial charge in [-0.1, -0.05) is 0 Å². The Morgan fingerprint density at radius 3 is 2.91 bits per heavy atom. The Kier molecular flexibility index (Phi) is 1.80. The largest absolute Gasteiger partial charge is 0.364 e. The second kappa shape index (κ2) is 2.61. The summed E-state index contributed by atoms with van der Waals surface area (Å²) in [4.78, 5) is 21.4. The molecule has 0 bridgehead atoms. The van der Waals surface area contributed by atoms with Crippen LogP contribution >= 0.6 is 0 Å². The summed E-state index contributed by atoms with van der Waals surface area (Å²) >= 11 is 0. The minimum atomic E-state index is -0.552. The summed E-state index contributed by atoms with van der Waals surface area (Å²) in [5, 5.41) is 1.24. The Balaban J connectivity index is 2.74. The van der Waals surface area contributed by atoms with E-state index in [1.807, 2.05) is 0 Å². The SMILES string of the molecule is CN1NC(C(N)=O)=CCC1=O. The molecule has 0 fully saturated rings. The molecule has 5 nitrogen and oxygen atoms in total. The number of hydrazine groups is 1. The van der Waals surface area contributed by atoms with Crippen molar-refractivity contribution in [2.75, 3.05) is 7.05 Å². The van der Waals surface area contributed by atoms with Crippen molar-refractivity contribution < 1.29 is 9.59 Å². The molecule has 0 atom stereocenters. The van der Waals surface area contributed by atoms with Crippen molar-refractivity contribution in [2.45, 2.75) is 6.42 Å². The molecule has 11 heavy (non-hydrogen) atoms. The molecule has 0 radical (unpaired) electrons. The van der Waals surface area contributed by atoms with Gasteiger partial charge in [-0.3, -0.25) is 20.0 Å². The van der Waals surface area contributed by atoms with E-state index in [1.165, 1.54) is 18.1 Å². The van der Waals surface area contributed by atoms with Crippen LogP contribution in [0.5, 0.6) is 0 Å². The quantitative estimate of drug-likeness (QED) is 0.495. The zero-order valence-corrected chi connectivity index (χ0v) is 6.13. The lowest BCUT2D eigenvalue weighted by molar-refractivity contribution is -0.132. The highest BCUT2D eigenvalue weighted by atomic mass is 16.2. The van der Waals surface area contributed by atoms with Crippen LogP contribution in [-0.2, 0) is 9.59 Å². The van der Waals surface area contributed by atoms with Crippen LogP contribution in [0.4, 0.5) is 0 Å². The van der Waals surface area contributed by atoms with Gasteiger partial charge in [0, 0.05) is 13.5 Å². The lowest BCUT2D eigenvalue weighted by Crippen LogP contribution is -2.45. The van der Waals surface area contributed by atoms with Gasteiger partial charge in [-0.25, -0.2) is 0 Å². The first-order chi connectivity index (χ1) is 5.11. The fourth-order valence-corrected chi connectivity index (χ4v) is 0.771. The van der Waals surface area contributed by atoms with E-state index in [0.717, 1.165) is 0 Å². The van der Waals surface area contributed by atoms with Crippen molar-refractivity contribution >= 4 is 11.8 Å². The number of rotatable bonds is 1. The van der Waals surface area contributed by atoms with Crippen molar-refractivity contribution in [3.05, 3.63) is 11.8 Å². The molecule has 0 spiro atoms. The third kappa shape index (κ3) is 1.49. The maximum Gasteiger partial charge on any atom is 0.266 e. The van der Waals surface area contributed by atoms with E-state index in [2.05, 4.69) is 5.43 Å². The van der Waals surface area contributed by atoms with E-state index in [-0.39, 0.29) is 18.0 Å². The van der Waals surface area contributed by atoms with E-state index in [4.69, 9.17) is 5.73 Å². The lowest BCUT2D eigenvalue weighted by Gasteiger charge is -2.23. The fraction of sp³-hybridized carbons (Fsp3) is 0.333. The number of hydrogen-bond acceptors (Lipinski definition) is 3. The van der Waals surface area contributed by atoms with Crippen molar-refractivity contribution in [3.63, 3.8) is 0 Å². The third-order valence-electron chi connectivity index (χ3n) is 1.41. The summed E-state index contributed by atoms with van der Waals surface area (Å²) in [7, 11) is 1.54. The first kappa shape index (κ1) is 7.59. The summed E-state index contributed by atoms with van der Waals surface area (Å²) in [6.45, 7) is 0. The molecule has 60 valence electrons. The van der Waals surface area contributed by atoms with Gasteiger partial charge in [0.05, 0.1) is 0 Å². The maximum absolute atomic E-state index is 10.8. The van der Waals surface area contributed by atoms with Gasteiger partial charge in [0.25, 0.3) is 5.91 Å². The van der Waals surface area contributed by atoms with Crippen LogP contribution in [0.3, 0.4) is 0 Å². The van der Waals surface area contributed by atoms with Gasteiger partial charge in [0.15, 0.2) is 0 Å². The van der Waals surface area contributed by atoms with Gasteiger partial charge in [-0.05, 0) is 6.08 Å². The van der Waals surface area contributed by atoms with Gasteiger partial charge < -0.3 is 5.73 Å². The molecule has 0 aliphatic carbocycles. The number of carbonyl (C=O) groups excluding carboxylic acids is 2. The van der Waals surface area contributed by atoms with E-state index < -0.39 is 5.91 Å². The van der Waals surface area contributed by atoms with Gasteiger partial charge in [0.1, 0.15) is 5.70 Å². The monoisotopic (exact) mass is 155 g/mol. The van der Waals surface area contributed by atoms with Crippen molar-refractivity contribution in [1.29, 1.82) is 0 Å². The number of hydrogen-bond donors (Lipinski definition) is 2. The molecule has 2 amide bonds. The normalized spacial score (nSPS) is 17.4. The first-order valence-corrected chi connectivity index (χ1v) is 3.14. The predicted molar refractivity (Wildman–Crippen MR) is 37.8 cm³/mol. The second-order valence-corrected chi connectivity index (χ2v) is 2.25.